The van der Waals surface area contributed by atoms with Crippen molar-refractivity contribution in [1.29, 1.82) is 0 Å². The zero-order valence-electron chi connectivity index (χ0n) is 11.8. The summed E-state index contributed by atoms with van der Waals surface area (Å²) in [6, 6.07) is 12.6. The third kappa shape index (κ3) is 2.93. The minimum absolute atomic E-state index is 0.362. The highest BCUT2D eigenvalue weighted by molar-refractivity contribution is 6.18. The number of rotatable bonds is 3. The number of benzene rings is 2. The predicted molar refractivity (Wildman–Crippen MR) is 85.6 cm³/mol. The zero-order valence-corrected chi connectivity index (χ0v) is 12.5. The molecule has 2 aromatic rings. The molecule has 20 heavy (non-hydrogen) atoms. The van der Waals surface area contributed by atoms with Gasteiger partial charge in [0.1, 0.15) is 5.75 Å². The molecule has 0 aliphatic heterocycles. The van der Waals surface area contributed by atoms with E-state index in [1.54, 1.807) is 0 Å². The van der Waals surface area contributed by atoms with Crippen molar-refractivity contribution in [3.63, 3.8) is 0 Å². The van der Waals surface area contributed by atoms with E-state index in [1.165, 1.54) is 49.3 Å². The van der Waals surface area contributed by atoms with Crippen LogP contribution in [0.5, 0.6) is 5.75 Å². The first-order valence-corrected chi connectivity index (χ1v) is 8.15. The lowest BCUT2D eigenvalue weighted by Gasteiger charge is -2.20. The fourth-order valence-corrected chi connectivity index (χ4v) is 3.38. The van der Waals surface area contributed by atoms with Gasteiger partial charge in [0.2, 0.25) is 0 Å². The van der Waals surface area contributed by atoms with Crippen LogP contribution in [0.1, 0.15) is 44.1 Å². The molecule has 106 valence electrons. The van der Waals surface area contributed by atoms with Crippen LogP contribution in [0.3, 0.4) is 0 Å². The largest absolute Gasteiger partial charge is 0.490 e. The van der Waals surface area contributed by atoms with Crippen molar-refractivity contribution >= 4 is 22.4 Å². The molecule has 1 aliphatic carbocycles. The van der Waals surface area contributed by atoms with Gasteiger partial charge in [0.25, 0.3) is 0 Å². The standard InChI is InChI=1S/C18H21ClO/c19-13-17-16-10-6-5-7-14(16)11-12-18(17)20-15-8-3-1-2-4-9-15/h5-7,10-12,15H,1-4,8-9,13H2. The molecule has 1 nitrogen and oxygen atoms in total. The summed E-state index contributed by atoms with van der Waals surface area (Å²) in [6.07, 6.45) is 7.98. The van der Waals surface area contributed by atoms with E-state index in [4.69, 9.17) is 16.3 Å². The van der Waals surface area contributed by atoms with Gasteiger partial charge < -0.3 is 4.74 Å². The number of ether oxygens (including phenoxy) is 1. The highest BCUT2D eigenvalue weighted by Gasteiger charge is 2.16. The summed E-state index contributed by atoms with van der Waals surface area (Å²) in [7, 11) is 0. The maximum atomic E-state index is 6.28. The number of fused-ring (bicyclic) bond motifs is 1. The number of hydrogen-bond donors (Lipinski definition) is 0. The lowest BCUT2D eigenvalue weighted by molar-refractivity contribution is 0.182. The summed E-state index contributed by atoms with van der Waals surface area (Å²) in [5.74, 6) is 1.48. The molecule has 1 aliphatic rings. The molecule has 1 saturated carbocycles. The van der Waals surface area contributed by atoms with Gasteiger partial charge in [-0.15, -0.1) is 11.6 Å². The van der Waals surface area contributed by atoms with E-state index in [1.807, 2.05) is 0 Å². The van der Waals surface area contributed by atoms with Crippen molar-refractivity contribution < 1.29 is 4.74 Å². The second-order valence-corrected chi connectivity index (χ2v) is 5.90. The SMILES string of the molecule is ClCc1c(OC2CCCCCC2)ccc2ccccc12. The molecule has 0 amide bonds. The average molecular weight is 289 g/mol. The Kier molecular flexibility index (Phi) is 4.47. The molecule has 0 spiro atoms. The number of alkyl halides is 1. The molecule has 0 N–H and O–H groups in total. The normalized spacial score (nSPS) is 17.1. The molecule has 0 atom stereocenters. The minimum Gasteiger partial charge on any atom is -0.490 e. The Hall–Kier alpha value is -1.21. The molecule has 2 aromatic carbocycles. The van der Waals surface area contributed by atoms with Crippen LogP contribution >= 0.6 is 11.6 Å². The first-order valence-electron chi connectivity index (χ1n) is 7.62. The van der Waals surface area contributed by atoms with Crippen molar-refractivity contribution in [3.8, 4) is 5.75 Å². The molecular formula is C18H21ClO. The average Bonchev–Trinajstić information content (AvgIpc) is 2.76. The lowest BCUT2D eigenvalue weighted by Crippen LogP contribution is -2.16. The van der Waals surface area contributed by atoms with Crippen LogP contribution in [0.2, 0.25) is 0 Å². The zero-order chi connectivity index (χ0) is 13.8. The highest BCUT2D eigenvalue weighted by atomic mass is 35.5. The van der Waals surface area contributed by atoms with Gasteiger partial charge in [-0.25, -0.2) is 0 Å². The first kappa shape index (κ1) is 13.8. The van der Waals surface area contributed by atoms with Crippen LogP contribution in [0.4, 0.5) is 0 Å². The molecule has 0 heterocycles. The Balaban J connectivity index is 1.90. The molecule has 0 saturated heterocycles. The van der Waals surface area contributed by atoms with Crippen molar-refractivity contribution in [2.45, 2.75) is 50.5 Å². The summed E-state index contributed by atoms with van der Waals surface area (Å²) in [5, 5.41) is 2.45. The van der Waals surface area contributed by atoms with Crippen molar-refractivity contribution in [2.24, 2.45) is 0 Å². The maximum absolute atomic E-state index is 6.28. The van der Waals surface area contributed by atoms with Crippen molar-refractivity contribution in [2.75, 3.05) is 0 Å². The second-order valence-electron chi connectivity index (χ2n) is 5.63. The molecule has 0 bridgehead atoms. The topological polar surface area (TPSA) is 9.23 Å². The van der Waals surface area contributed by atoms with Gasteiger partial charge in [-0.3, -0.25) is 0 Å². The third-order valence-electron chi connectivity index (χ3n) is 4.23. The Morgan fingerprint density at radius 1 is 0.950 bits per heavy atom. The summed E-state index contributed by atoms with van der Waals surface area (Å²) in [6.45, 7) is 0. The number of halogens is 1. The summed E-state index contributed by atoms with van der Waals surface area (Å²) in [4.78, 5) is 0. The Morgan fingerprint density at radius 2 is 1.70 bits per heavy atom. The Bertz CT molecular complexity index is 571. The van der Waals surface area contributed by atoms with Gasteiger partial charge >= 0.3 is 0 Å². The van der Waals surface area contributed by atoms with E-state index in [0.717, 1.165) is 11.3 Å². The van der Waals surface area contributed by atoms with E-state index >= 15 is 0 Å². The molecule has 1 fully saturated rings. The van der Waals surface area contributed by atoms with Gasteiger partial charge in [0.15, 0.2) is 0 Å². The molecule has 0 unspecified atom stereocenters. The van der Waals surface area contributed by atoms with Crippen LogP contribution < -0.4 is 4.74 Å². The predicted octanol–water partition coefficient (Wildman–Crippen LogP) is 5.68. The van der Waals surface area contributed by atoms with E-state index < -0.39 is 0 Å². The quantitative estimate of drug-likeness (QED) is 0.521. The lowest BCUT2D eigenvalue weighted by atomic mass is 10.0. The Labute approximate surface area is 125 Å². The molecule has 2 heteroatoms. The molecular weight excluding hydrogens is 268 g/mol. The number of hydrogen-bond acceptors (Lipinski definition) is 1. The van der Waals surface area contributed by atoms with Crippen molar-refractivity contribution in [3.05, 3.63) is 42.0 Å². The van der Waals surface area contributed by atoms with E-state index in [0.29, 0.717) is 12.0 Å². The van der Waals surface area contributed by atoms with E-state index in [-0.39, 0.29) is 0 Å². The van der Waals surface area contributed by atoms with E-state index in [9.17, 15) is 0 Å². The minimum atomic E-state index is 0.362. The summed E-state index contributed by atoms with van der Waals surface area (Å²) in [5.41, 5.74) is 1.13. The van der Waals surface area contributed by atoms with Crippen LogP contribution in [0.15, 0.2) is 36.4 Å². The van der Waals surface area contributed by atoms with Gasteiger partial charge in [-0.1, -0.05) is 43.2 Å². The highest BCUT2D eigenvalue weighted by Crippen LogP contribution is 2.32. The van der Waals surface area contributed by atoms with Gasteiger partial charge in [0, 0.05) is 5.56 Å². The van der Waals surface area contributed by atoms with Gasteiger partial charge in [-0.05, 0) is 42.5 Å². The molecule has 0 radical (unpaired) electrons. The third-order valence-corrected chi connectivity index (χ3v) is 4.49. The Morgan fingerprint density at radius 3 is 2.45 bits per heavy atom. The fourth-order valence-electron chi connectivity index (χ4n) is 3.10. The maximum Gasteiger partial charge on any atom is 0.124 e. The molecule has 0 aromatic heterocycles. The van der Waals surface area contributed by atoms with Crippen LogP contribution in [0, 0.1) is 0 Å². The van der Waals surface area contributed by atoms with Crippen LogP contribution in [-0.2, 0) is 5.88 Å². The van der Waals surface area contributed by atoms with Crippen molar-refractivity contribution in [1.82, 2.24) is 0 Å². The first-order chi connectivity index (χ1) is 9.88. The van der Waals surface area contributed by atoms with E-state index in [2.05, 4.69) is 36.4 Å². The van der Waals surface area contributed by atoms with Crippen LogP contribution in [0.25, 0.3) is 10.8 Å². The monoisotopic (exact) mass is 288 g/mol. The van der Waals surface area contributed by atoms with Gasteiger partial charge in [0.05, 0.1) is 12.0 Å². The smallest absolute Gasteiger partial charge is 0.124 e. The summed E-state index contributed by atoms with van der Waals surface area (Å²) < 4.78 is 6.28. The fraction of sp³-hybridized carbons (Fsp3) is 0.444. The van der Waals surface area contributed by atoms with Gasteiger partial charge in [-0.2, -0.15) is 0 Å². The second kappa shape index (κ2) is 6.49. The summed E-state index contributed by atoms with van der Waals surface area (Å²) >= 11 is 6.18. The van der Waals surface area contributed by atoms with Crippen LogP contribution in [-0.4, -0.2) is 6.10 Å². The molecule has 3 rings (SSSR count).